The van der Waals surface area contributed by atoms with Crippen LogP contribution in [-0.2, 0) is 4.79 Å². The number of nitrogens with zero attached hydrogens (tertiary/aromatic N) is 1. The predicted octanol–water partition coefficient (Wildman–Crippen LogP) is -1.47. The quantitative estimate of drug-likeness (QED) is 0.524. The van der Waals surface area contributed by atoms with Crippen LogP contribution >= 0.6 is 0 Å². The lowest BCUT2D eigenvalue weighted by atomic mass is 10.0. The highest BCUT2D eigenvalue weighted by Crippen LogP contribution is 2.17. The van der Waals surface area contributed by atoms with Crippen molar-refractivity contribution in [2.45, 2.75) is 31.5 Å². The first-order valence-electron chi connectivity index (χ1n) is 5.66. The third kappa shape index (κ3) is 2.00. The monoisotopic (exact) mass is 213 g/mol. The summed E-state index contributed by atoms with van der Waals surface area (Å²) in [6, 6.07) is 0.0271. The average molecular weight is 213 g/mol. The minimum atomic E-state index is -0.343. The molecular weight excluding hydrogens is 194 g/mol. The Bertz CT molecular complexity index is 247. The number of carbonyl (C=O) groups excluding carboxylic acids is 1. The molecule has 5 nitrogen and oxygen atoms in total. The zero-order valence-electron chi connectivity index (χ0n) is 9.07. The minimum Gasteiger partial charge on any atom is -0.390 e. The summed E-state index contributed by atoms with van der Waals surface area (Å²) in [4.78, 5) is 13.8. The fourth-order valence-corrected chi connectivity index (χ4v) is 2.54. The van der Waals surface area contributed by atoms with E-state index < -0.39 is 0 Å². The van der Waals surface area contributed by atoms with Gasteiger partial charge < -0.3 is 15.7 Å². The molecule has 3 unspecified atom stereocenters. The molecule has 0 aromatic rings. The first kappa shape index (κ1) is 10.9. The molecular formula is C10H19N3O2. The highest BCUT2D eigenvalue weighted by atomic mass is 16.3. The van der Waals surface area contributed by atoms with Crippen molar-refractivity contribution in [3.63, 3.8) is 0 Å². The number of rotatable bonds is 2. The van der Waals surface area contributed by atoms with Gasteiger partial charge in [-0.1, -0.05) is 6.92 Å². The molecule has 3 atom stereocenters. The molecule has 15 heavy (non-hydrogen) atoms. The van der Waals surface area contributed by atoms with Crippen LogP contribution in [0, 0.1) is 0 Å². The van der Waals surface area contributed by atoms with Gasteiger partial charge in [0.2, 0.25) is 5.91 Å². The van der Waals surface area contributed by atoms with Crippen molar-refractivity contribution >= 4 is 5.91 Å². The van der Waals surface area contributed by atoms with E-state index in [-0.39, 0.29) is 24.1 Å². The molecule has 2 heterocycles. The molecule has 0 aromatic heterocycles. The smallest absolute Gasteiger partial charge is 0.237 e. The molecule has 1 amide bonds. The summed E-state index contributed by atoms with van der Waals surface area (Å²) in [7, 11) is 0. The van der Waals surface area contributed by atoms with Crippen molar-refractivity contribution in [1.29, 1.82) is 0 Å². The fraction of sp³-hybridized carbons (Fsp3) is 0.900. The highest BCUT2D eigenvalue weighted by molar-refractivity contribution is 5.82. The third-order valence-electron chi connectivity index (χ3n) is 3.34. The molecule has 0 spiro atoms. The van der Waals surface area contributed by atoms with E-state index in [9.17, 15) is 9.90 Å². The van der Waals surface area contributed by atoms with Crippen LogP contribution in [0.2, 0.25) is 0 Å². The highest BCUT2D eigenvalue weighted by Gasteiger charge is 2.38. The lowest BCUT2D eigenvalue weighted by Crippen LogP contribution is -2.60. The number of hydrogen-bond donors (Lipinski definition) is 3. The summed E-state index contributed by atoms with van der Waals surface area (Å²) in [5, 5.41) is 15.8. The second kappa shape index (κ2) is 4.47. The zero-order chi connectivity index (χ0) is 10.8. The van der Waals surface area contributed by atoms with Crippen molar-refractivity contribution < 1.29 is 9.90 Å². The van der Waals surface area contributed by atoms with Crippen LogP contribution in [0.15, 0.2) is 0 Å². The molecule has 0 aromatic carbocycles. The molecule has 5 heteroatoms. The van der Waals surface area contributed by atoms with Crippen molar-refractivity contribution in [2.24, 2.45) is 0 Å². The Morgan fingerprint density at radius 1 is 1.53 bits per heavy atom. The maximum Gasteiger partial charge on any atom is 0.237 e. The molecule has 86 valence electrons. The molecule has 2 fully saturated rings. The van der Waals surface area contributed by atoms with Gasteiger partial charge in [0, 0.05) is 26.2 Å². The lowest BCUT2D eigenvalue weighted by Gasteiger charge is -2.39. The molecule has 2 rings (SSSR count). The van der Waals surface area contributed by atoms with Gasteiger partial charge in [-0.2, -0.15) is 0 Å². The molecule has 0 radical (unpaired) electrons. The van der Waals surface area contributed by atoms with Crippen LogP contribution in [0.4, 0.5) is 0 Å². The summed E-state index contributed by atoms with van der Waals surface area (Å²) in [6.07, 6.45) is 0.458. The maximum absolute atomic E-state index is 11.6. The Labute approximate surface area is 89.8 Å². The Morgan fingerprint density at radius 3 is 2.93 bits per heavy atom. The molecule has 0 bridgehead atoms. The Morgan fingerprint density at radius 2 is 2.33 bits per heavy atom. The standard InChI is InChI=1S/C10H19N3O2/c1-2-7-10(15)12-3-4-13(7)8-5-11-6-9(8)14/h7-9,11,14H,2-6H2,1H3,(H,12,15). The SMILES string of the molecule is CCC1C(=O)NCCN1C1CNCC1O. The van der Waals surface area contributed by atoms with Gasteiger partial charge in [-0.25, -0.2) is 0 Å². The van der Waals surface area contributed by atoms with E-state index in [1.165, 1.54) is 0 Å². The number of hydrogen-bond acceptors (Lipinski definition) is 4. The first-order valence-corrected chi connectivity index (χ1v) is 5.66. The predicted molar refractivity (Wildman–Crippen MR) is 56.5 cm³/mol. The average Bonchev–Trinajstić information content (AvgIpc) is 2.64. The number of amides is 1. The number of β-amino-alcohol motifs (C(OH)–C–C–N with tert-alkyl or cyclic N) is 1. The molecule has 0 aliphatic carbocycles. The van der Waals surface area contributed by atoms with Crippen LogP contribution in [0.1, 0.15) is 13.3 Å². The second-order valence-corrected chi connectivity index (χ2v) is 4.25. The fourth-order valence-electron chi connectivity index (χ4n) is 2.54. The zero-order valence-corrected chi connectivity index (χ0v) is 9.07. The van der Waals surface area contributed by atoms with Crippen LogP contribution in [-0.4, -0.2) is 60.3 Å². The molecule has 2 aliphatic heterocycles. The maximum atomic E-state index is 11.6. The van der Waals surface area contributed by atoms with Crippen LogP contribution < -0.4 is 10.6 Å². The Hall–Kier alpha value is -0.650. The van der Waals surface area contributed by atoms with E-state index in [2.05, 4.69) is 15.5 Å². The van der Waals surface area contributed by atoms with Gasteiger partial charge in [0.05, 0.1) is 18.2 Å². The summed E-state index contributed by atoms with van der Waals surface area (Å²) < 4.78 is 0. The summed E-state index contributed by atoms with van der Waals surface area (Å²) in [6.45, 7) is 4.97. The van der Waals surface area contributed by atoms with Gasteiger partial charge in [-0.3, -0.25) is 9.69 Å². The van der Waals surface area contributed by atoms with E-state index in [0.29, 0.717) is 13.1 Å². The van der Waals surface area contributed by atoms with Crippen molar-refractivity contribution in [1.82, 2.24) is 15.5 Å². The van der Waals surface area contributed by atoms with Crippen molar-refractivity contribution in [3.05, 3.63) is 0 Å². The summed E-state index contributed by atoms with van der Waals surface area (Å²) in [5.74, 6) is 0.0999. The van der Waals surface area contributed by atoms with E-state index in [1.807, 2.05) is 6.92 Å². The van der Waals surface area contributed by atoms with E-state index >= 15 is 0 Å². The van der Waals surface area contributed by atoms with E-state index in [4.69, 9.17) is 0 Å². The normalized spacial score (nSPS) is 38.0. The van der Waals surface area contributed by atoms with Crippen LogP contribution in [0.5, 0.6) is 0 Å². The number of carbonyl (C=O) groups is 1. The molecule has 2 aliphatic rings. The lowest BCUT2D eigenvalue weighted by molar-refractivity contribution is -0.131. The summed E-state index contributed by atoms with van der Waals surface area (Å²) in [5.41, 5.74) is 0. The van der Waals surface area contributed by atoms with Crippen molar-refractivity contribution in [2.75, 3.05) is 26.2 Å². The Kier molecular flexibility index (Phi) is 3.23. The van der Waals surface area contributed by atoms with Crippen LogP contribution in [0.3, 0.4) is 0 Å². The number of aliphatic hydroxyl groups excluding tert-OH is 1. The van der Waals surface area contributed by atoms with Gasteiger partial charge in [-0.05, 0) is 6.42 Å². The van der Waals surface area contributed by atoms with Gasteiger partial charge >= 0.3 is 0 Å². The molecule has 3 N–H and O–H groups in total. The van der Waals surface area contributed by atoms with Gasteiger partial charge in [0.15, 0.2) is 0 Å². The third-order valence-corrected chi connectivity index (χ3v) is 3.34. The van der Waals surface area contributed by atoms with Crippen LogP contribution in [0.25, 0.3) is 0 Å². The van der Waals surface area contributed by atoms with E-state index in [1.54, 1.807) is 0 Å². The number of nitrogens with one attached hydrogen (secondary N) is 2. The van der Waals surface area contributed by atoms with Gasteiger partial charge in [0.1, 0.15) is 0 Å². The van der Waals surface area contributed by atoms with Gasteiger partial charge in [0.25, 0.3) is 0 Å². The molecule has 0 saturated carbocycles. The minimum absolute atomic E-state index is 0.0710. The number of aliphatic hydroxyl groups is 1. The second-order valence-electron chi connectivity index (χ2n) is 4.25. The summed E-state index contributed by atoms with van der Waals surface area (Å²) >= 11 is 0. The van der Waals surface area contributed by atoms with Crippen molar-refractivity contribution in [3.8, 4) is 0 Å². The first-order chi connectivity index (χ1) is 7.24. The topological polar surface area (TPSA) is 64.6 Å². The largest absolute Gasteiger partial charge is 0.390 e. The Balaban J connectivity index is 2.08. The number of piperazine rings is 1. The van der Waals surface area contributed by atoms with Gasteiger partial charge in [-0.15, -0.1) is 0 Å². The van der Waals surface area contributed by atoms with E-state index in [0.717, 1.165) is 19.5 Å². The molecule has 2 saturated heterocycles.